The number of benzene rings is 2. The molecule has 2 aliphatic rings. The number of likely N-dealkylation sites (tertiary alicyclic amines) is 1. The first-order valence-electron chi connectivity index (χ1n) is 10.6. The predicted octanol–water partition coefficient (Wildman–Crippen LogP) is 3.66. The van der Waals surface area contributed by atoms with Gasteiger partial charge in [-0.05, 0) is 62.1 Å². The largest absolute Gasteiger partial charge is 0.339 e. The van der Waals surface area contributed by atoms with Crippen LogP contribution < -0.4 is 10.3 Å². The van der Waals surface area contributed by atoms with Gasteiger partial charge in [-0.1, -0.05) is 18.2 Å². The Morgan fingerprint density at radius 3 is 2.55 bits per heavy atom. The van der Waals surface area contributed by atoms with Crippen LogP contribution in [0.2, 0.25) is 0 Å². The number of hydrogen-bond acceptors (Lipinski definition) is 4. The third-order valence-electron chi connectivity index (χ3n) is 5.65. The van der Waals surface area contributed by atoms with Crippen molar-refractivity contribution >= 4 is 34.8 Å². The van der Waals surface area contributed by atoms with E-state index in [1.165, 1.54) is 5.01 Å². The molecule has 2 aromatic carbocycles. The van der Waals surface area contributed by atoms with Crippen molar-refractivity contribution < 1.29 is 14.4 Å². The normalized spacial score (nSPS) is 16.3. The van der Waals surface area contributed by atoms with Crippen molar-refractivity contribution in [3.63, 3.8) is 0 Å². The van der Waals surface area contributed by atoms with E-state index in [1.807, 2.05) is 36.9 Å². The van der Waals surface area contributed by atoms with E-state index in [9.17, 15) is 14.4 Å². The molecule has 0 saturated carbocycles. The fraction of sp³-hybridized carbons (Fsp3) is 0.333. The van der Waals surface area contributed by atoms with Gasteiger partial charge in [0.15, 0.2) is 0 Å². The molecule has 0 unspecified atom stereocenters. The van der Waals surface area contributed by atoms with E-state index in [2.05, 4.69) is 10.4 Å². The Bertz CT molecular complexity index is 1070. The second-order valence-electron chi connectivity index (χ2n) is 8.08. The van der Waals surface area contributed by atoms with Crippen LogP contribution in [-0.2, 0) is 9.59 Å². The van der Waals surface area contributed by atoms with Crippen LogP contribution in [0, 0.1) is 13.8 Å². The Hall–Kier alpha value is -3.48. The third kappa shape index (κ3) is 4.50. The minimum Gasteiger partial charge on any atom is -0.339 e. The molecular weight excluding hydrogens is 392 g/mol. The molecule has 2 heterocycles. The molecular formula is C24H26N4O3. The standard InChI is InChI=1S/C24H26N4O3/c1-16-8-9-17(2)21(14-16)28-22(29)11-10-20(26-28)23(30)25-19-7-5-6-18(15-19)24(31)27-12-3-4-13-27/h5-9,14-15H,3-4,10-13H2,1-2H3,(H,25,30). The van der Waals surface area contributed by atoms with Crippen LogP contribution in [0.15, 0.2) is 47.6 Å². The number of carbonyl (C=O) groups is 3. The molecule has 1 N–H and O–H groups in total. The summed E-state index contributed by atoms with van der Waals surface area (Å²) in [6, 6.07) is 12.8. The lowest BCUT2D eigenvalue weighted by Gasteiger charge is -2.25. The highest BCUT2D eigenvalue weighted by molar-refractivity contribution is 6.44. The minimum atomic E-state index is -0.367. The molecule has 0 atom stereocenters. The zero-order chi connectivity index (χ0) is 22.0. The molecule has 0 spiro atoms. The van der Waals surface area contributed by atoms with Gasteiger partial charge < -0.3 is 10.2 Å². The summed E-state index contributed by atoms with van der Waals surface area (Å²) in [5.41, 5.74) is 3.99. The Morgan fingerprint density at radius 1 is 1.00 bits per heavy atom. The van der Waals surface area contributed by atoms with Crippen LogP contribution in [0.4, 0.5) is 11.4 Å². The second-order valence-corrected chi connectivity index (χ2v) is 8.08. The van der Waals surface area contributed by atoms with Gasteiger partial charge in [0.05, 0.1) is 5.69 Å². The van der Waals surface area contributed by atoms with Gasteiger partial charge >= 0.3 is 0 Å². The number of hydrogen-bond donors (Lipinski definition) is 1. The van der Waals surface area contributed by atoms with Crippen molar-refractivity contribution in [3.05, 3.63) is 59.2 Å². The van der Waals surface area contributed by atoms with Gasteiger partial charge in [-0.3, -0.25) is 14.4 Å². The molecule has 7 heteroatoms. The van der Waals surface area contributed by atoms with Crippen LogP contribution >= 0.6 is 0 Å². The monoisotopic (exact) mass is 418 g/mol. The van der Waals surface area contributed by atoms with Crippen molar-refractivity contribution in [2.75, 3.05) is 23.4 Å². The van der Waals surface area contributed by atoms with Crippen molar-refractivity contribution in [3.8, 4) is 0 Å². The zero-order valence-corrected chi connectivity index (χ0v) is 17.9. The SMILES string of the molecule is Cc1ccc(C)c(N2N=C(C(=O)Nc3cccc(C(=O)N4CCCC4)c3)CCC2=O)c1. The number of nitrogens with one attached hydrogen (secondary N) is 1. The summed E-state index contributed by atoms with van der Waals surface area (Å²) in [7, 11) is 0. The summed E-state index contributed by atoms with van der Waals surface area (Å²) >= 11 is 0. The summed E-state index contributed by atoms with van der Waals surface area (Å²) in [4.78, 5) is 39.8. The average molecular weight is 418 g/mol. The molecule has 2 aromatic rings. The predicted molar refractivity (Wildman–Crippen MR) is 120 cm³/mol. The fourth-order valence-corrected chi connectivity index (χ4v) is 3.89. The molecule has 0 aromatic heterocycles. The molecule has 4 rings (SSSR count). The van der Waals surface area contributed by atoms with E-state index in [0.29, 0.717) is 16.9 Å². The fourth-order valence-electron chi connectivity index (χ4n) is 3.89. The van der Waals surface area contributed by atoms with Crippen LogP contribution in [0.3, 0.4) is 0 Å². The second kappa shape index (κ2) is 8.71. The number of nitrogens with zero attached hydrogens (tertiary/aromatic N) is 3. The van der Waals surface area contributed by atoms with E-state index >= 15 is 0 Å². The molecule has 0 aliphatic carbocycles. The number of carbonyl (C=O) groups excluding carboxylic acids is 3. The van der Waals surface area contributed by atoms with E-state index in [0.717, 1.165) is 37.1 Å². The smallest absolute Gasteiger partial charge is 0.271 e. The van der Waals surface area contributed by atoms with Crippen LogP contribution in [-0.4, -0.2) is 41.4 Å². The highest BCUT2D eigenvalue weighted by Gasteiger charge is 2.27. The summed E-state index contributed by atoms with van der Waals surface area (Å²) in [6.07, 6.45) is 2.54. The average Bonchev–Trinajstić information content (AvgIpc) is 3.30. The van der Waals surface area contributed by atoms with Gasteiger partial charge in [0.25, 0.3) is 11.8 Å². The Balaban J connectivity index is 1.53. The Kier molecular flexibility index (Phi) is 5.84. The maximum absolute atomic E-state index is 12.9. The van der Waals surface area contributed by atoms with Gasteiger partial charge in [0.2, 0.25) is 5.91 Å². The quantitative estimate of drug-likeness (QED) is 0.823. The molecule has 2 aliphatic heterocycles. The number of aryl methyl sites for hydroxylation is 2. The molecule has 160 valence electrons. The first kappa shape index (κ1) is 20.8. The van der Waals surface area contributed by atoms with Gasteiger partial charge in [0.1, 0.15) is 5.71 Å². The maximum atomic E-state index is 12.9. The highest BCUT2D eigenvalue weighted by atomic mass is 16.2. The van der Waals surface area contributed by atoms with Gasteiger partial charge in [-0.25, -0.2) is 5.01 Å². The Labute approximate surface area is 181 Å². The van der Waals surface area contributed by atoms with Crippen molar-refractivity contribution in [2.45, 2.75) is 39.5 Å². The lowest BCUT2D eigenvalue weighted by atomic mass is 10.1. The van der Waals surface area contributed by atoms with E-state index in [-0.39, 0.29) is 36.3 Å². The summed E-state index contributed by atoms with van der Waals surface area (Å²) in [5.74, 6) is -0.521. The maximum Gasteiger partial charge on any atom is 0.271 e. The third-order valence-corrected chi connectivity index (χ3v) is 5.65. The molecule has 3 amide bonds. The lowest BCUT2D eigenvalue weighted by molar-refractivity contribution is -0.118. The lowest BCUT2D eigenvalue weighted by Crippen LogP contribution is -2.36. The highest BCUT2D eigenvalue weighted by Crippen LogP contribution is 2.26. The first-order chi connectivity index (χ1) is 14.9. The topological polar surface area (TPSA) is 82.1 Å². The summed E-state index contributed by atoms with van der Waals surface area (Å²) in [6.45, 7) is 5.41. The Morgan fingerprint density at radius 2 is 1.77 bits per heavy atom. The van der Waals surface area contributed by atoms with Gasteiger partial charge in [-0.15, -0.1) is 0 Å². The van der Waals surface area contributed by atoms with Crippen molar-refractivity contribution in [1.29, 1.82) is 0 Å². The number of hydrazone groups is 1. The molecule has 1 fully saturated rings. The first-order valence-corrected chi connectivity index (χ1v) is 10.6. The molecule has 0 bridgehead atoms. The van der Waals surface area contributed by atoms with E-state index in [1.54, 1.807) is 24.3 Å². The summed E-state index contributed by atoms with van der Waals surface area (Å²) in [5, 5.41) is 8.52. The van der Waals surface area contributed by atoms with Crippen LogP contribution in [0.5, 0.6) is 0 Å². The zero-order valence-electron chi connectivity index (χ0n) is 17.9. The van der Waals surface area contributed by atoms with Crippen LogP contribution in [0.25, 0.3) is 0 Å². The molecule has 31 heavy (non-hydrogen) atoms. The summed E-state index contributed by atoms with van der Waals surface area (Å²) < 4.78 is 0. The number of anilines is 2. The number of amides is 3. The van der Waals surface area contributed by atoms with E-state index in [4.69, 9.17) is 0 Å². The molecule has 0 radical (unpaired) electrons. The molecule has 7 nitrogen and oxygen atoms in total. The number of rotatable bonds is 4. The van der Waals surface area contributed by atoms with Gasteiger partial charge in [0, 0.05) is 37.2 Å². The van der Waals surface area contributed by atoms with Crippen molar-refractivity contribution in [1.82, 2.24) is 4.90 Å². The van der Waals surface area contributed by atoms with Gasteiger partial charge in [-0.2, -0.15) is 5.10 Å². The minimum absolute atomic E-state index is 0.0182. The van der Waals surface area contributed by atoms with Crippen LogP contribution in [0.1, 0.15) is 47.2 Å². The van der Waals surface area contributed by atoms with E-state index < -0.39 is 0 Å². The molecule has 1 saturated heterocycles. The van der Waals surface area contributed by atoms with Crippen molar-refractivity contribution in [2.24, 2.45) is 5.10 Å².